The minimum atomic E-state index is -1.51. The highest BCUT2D eigenvalue weighted by atomic mass is 19.1. The molecule has 8 nitrogen and oxygen atoms in total. The molecule has 0 bridgehead atoms. The Morgan fingerprint density at radius 2 is 1.67 bits per heavy atom. The lowest BCUT2D eigenvalue weighted by Gasteiger charge is -2.24. The van der Waals surface area contributed by atoms with Gasteiger partial charge in [-0.2, -0.15) is 0 Å². The van der Waals surface area contributed by atoms with Gasteiger partial charge in [0.1, 0.15) is 24.5 Å². The molecule has 2 amide bonds. The number of aromatic nitrogens is 1. The molecule has 0 spiro atoms. The number of ketones is 1. The number of aryl methyl sites for hydroxylation is 1. The number of benzene rings is 2. The number of hydrogen-bond acceptors (Lipinski definition) is 4. The number of halogens is 1. The summed E-state index contributed by atoms with van der Waals surface area (Å²) in [4.78, 5) is 48.8. The number of hydrogen-bond donors (Lipinski definition) is 3. The molecular weight excluding hydrogens is 465 g/mol. The average Bonchev–Trinajstić information content (AvgIpc) is 3.17. The summed E-state index contributed by atoms with van der Waals surface area (Å²) < 4.78 is 14.6. The van der Waals surface area contributed by atoms with Crippen LogP contribution in [0, 0.1) is 5.92 Å². The Kier molecular flexibility index (Phi) is 8.58. The van der Waals surface area contributed by atoms with Crippen LogP contribution in [-0.2, 0) is 27.9 Å². The lowest BCUT2D eigenvalue weighted by molar-refractivity contribution is -0.140. The first-order chi connectivity index (χ1) is 17.1. The first-order valence-corrected chi connectivity index (χ1v) is 11.6. The van der Waals surface area contributed by atoms with E-state index in [2.05, 4.69) is 10.6 Å². The minimum Gasteiger partial charge on any atom is -0.481 e. The molecular formula is C27H30FN3O5. The fourth-order valence-electron chi connectivity index (χ4n) is 4.08. The van der Waals surface area contributed by atoms with E-state index >= 15 is 0 Å². The SMILES string of the molecule is CC(C)[C@H](NC(=O)c1cc2cc(Cc3ccccc3)ccc2n1C)C(=O)NC(CC(=O)O)C(=O)CF. The van der Waals surface area contributed by atoms with Gasteiger partial charge in [-0.15, -0.1) is 0 Å². The maximum atomic E-state index is 13.2. The number of amides is 2. The first kappa shape index (κ1) is 26.6. The Balaban J connectivity index is 1.79. The molecule has 1 heterocycles. The van der Waals surface area contributed by atoms with Crippen molar-refractivity contribution in [3.63, 3.8) is 0 Å². The average molecular weight is 496 g/mol. The number of Topliss-reactive ketones (excluding diaryl/α,β-unsaturated/α-hetero) is 1. The predicted octanol–water partition coefficient (Wildman–Crippen LogP) is 3.02. The number of carbonyl (C=O) groups excluding carboxylic acids is 3. The summed E-state index contributed by atoms with van der Waals surface area (Å²) in [7, 11) is 1.75. The summed E-state index contributed by atoms with van der Waals surface area (Å²) in [5.41, 5.74) is 3.44. The fourth-order valence-corrected chi connectivity index (χ4v) is 4.08. The lowest BCUT2D eigenvalue weighted by atomic mass is 10.0. The molecule has 1 unspecified atom stereocenters. The molecule has 0 aliphatic rings. The van der Waals surface area contributed by atoms with Gasteiger partial charge in [0, 0.05) is 18.0 Å². The van der Waals surface area contributed by atoms with E-state index in [4.69, 9.17) is 5.11 Å². The summed E-state index contributed by atoms with van der Waals surface area (Å²) in [5.74, 6) is -4.03. The highest BCUT2D eigenvalue weighted by Gasteiger charge is 2.30. The number of nitrogens with zero attached hydrogens (tertiary/aromatic N) is 1. The number of nitrogens with one attached hydrogen (secondary N) is 2. The Labute approximate surface area is 208 Å². The lowest BCUT2D eigenvalue weighted by Crippen LogP contribution is -2.54. The maximum Gasteiger partial charge on any atom is 0.305 e. The highest BCUT2D eigenvalue weighted by Crippen LogP contribution is 2.22. The number of alkyl halides is 1. The zero-order valence-corrected chi connectivity index (χ0v) is 20.5. The number of carbonyl (C=O) groups is 4. The van der Waals surface area contributed by atoms with Crippen LogP contribution >= 0.6 is 0 Å². The third-order valence-corrected chi connectivity index (χ3v) is 6.04. The van der Waals surface area contributed by atoms with Gasteiger partial charge >= 0.3 is 5.97 Å². The Hall–Kier alpha value is -4.01. The van der Waals surface area contributed by atoms with E-state index in [0.29, 0.717) is 5.69 Å². The third-order valence-electron chi connectivity index (χ3n) is 6.04. The van der Waals surface area contributed by atoms with Crippen LogP contribution in [0.4, 0.5) is 4.39 Å². The quantitative estimate of drug-likeness (QED) is 0.378. The van der Waals surface area contributed by atoms with Gasteiger partial charge in [-0.3, -0.25) is 19.2 Å². The molecule has 0 saturated carbocycles. The van der Waals surface area contributed by atoms with Gasteiger partial charge in [0.15, 0.2) is 5.78 Å². The molecule has 0 aliphatic heterocycles. The van der Waals surface area contributed by atoms with Crippen molar-refractivity contribution in [2.24, 2.45) is 13.0 Å². The van der Waals surface area contributed by atoms with Crippen LogP contribution in [-0.4, -0.2) is 52.0 Å². The van der Waals surface area contributed by atoms with Crippen LogP contribution in [0.1, 0.15) is 41.9 Å². The molecule has 0 aliphatic carbocycles. The van der Waals surface area contributed by atoms with Crippen LogP contribution in [0.3, 0.4) is 0 Å². The standard InChI is InChI=1S/C27H30FN3O5/c1-16(2)25(27(36)29-20(14-24(33)34)23(32)15-28)30-26(35)22-13-19-12-18(9-10-21(19)31(22)3)11-17-7-5-4-6-8-17/h4-10,12-13,16,20,25H,11,14-15H2,1-3H3,(H,29,36)(H,30,35)(H,33,34)/t20?,25-/m0/s1. The van der Waals surface area contributed by atoms with Crippen molar-refractivity contribution in [3.8, 4) is 0 Å². The monoisotopic (exact) mass is 495 g/mol. The topological polar surface area (TPSA) is 118 Å². The third kappa shape index (κ3) is 6.35. The first-order valence-electron chi connectivity index (χ1n) is 11.6. The molecule has 2 atom stereocenters. The molecule has 0 saturated heterocycles. The number of carboxylic acids is 1. The van der Waals surface area contributed by atoms with Crippen LogP contribution in [0.5, 0.6) is 0 Å². The summed E-state index contributed by atoms with van der Waals surface area (Å²) >= 11 is 0. The Bertz CT molecular complexity index is 1270. The normalized spacial score (nSPS) is 12.8. The summed E-state index contributed by atoms with van der Waals surface area (Å²) in [6.45, 7) is 2.00. The summed E-state index contributed by atoms with van der Waals surface area (Å²) in [5, 5.41) is 14.8. The second-order valence-electron chi connectivity index (χ2n) is 9.10. The summed E-state index contributed by atoms with van der Waals surface area (Å²) in [6.07, 6.45) is -0.000319. The molecule has 0 fully saturated rings. The van der Waals surface area contributed by atoms with Crippen molar-refractivity contribution < 1.29 is 28.7 Å². The van der Waals surface area contributed by atoms with Gasteiger partial charge in [-0.1, -0.05) is 50.2 Å². The van der Waals surface area contributed by atoms with Crippen LogP contribution in [0.15, 0.2) is 54.6 Å². The summed E-state index contributed by atoms with van der Waals surface area (Å²) in [6, 6.07) is 15.2. The van der Waals surface area contributed by atoms with Crippen molar-refractivity contribution in [2.75, 3.05) is 6.67 Å². The van der Waals surface area contributed by atoms with E-state index in [1.165, 1.54) is 5.56 Å². The smallest absolute Gasteiger partial charge is 0.305 e. The minimum absolute atomic E-state index is 0.335. The molecule has 3 N–H and O–H groups in total. The van der Waals surface area contributed by atoms with Crippen molar-refractivity contribution in [1.29, 1.82) is 0 Å². The van der Waals surface area contributed by atoms with Crippen molar-refractivity contribution in [1.82, 2.24) is 15.2 Å². The van der Waals surface area contributed by atoms with Gasteiger partial charge in [0.25, 0.3) is 5.91 Å². The van der Waals surface area contributed by atoms with E-state index in [1.54, 1.807) is 31.5 Å². The van der Waals surface area contributed by atoms with E-state index in [1.807, 2.05) is 48.5 Å². The van der Waals surface area contributed by atoms with Crippen LogP contribution in [0.25, 0.3) is 10.9 Å². The largest absolute Gasteiger partial charge is 0.481 e. The van der Waals surface area contributed by atoms with Crippen molar-refractivity contribution in [3.05, 3.63) is 71.4 Å². The van der Waals surface area contributed by atoms with E-state index < -0.39 is 48.7 Å². The van der Waals surface area contributed by atoms with Gasteiger partial charge in [-0.25, -0.2) is 4.39 Å². The van der Waals surface area contributed by atoms with E-state index in [-0.39, 0.29) is 5.92 Å². The van der Waals surface area contributed by atoms with Crippen LogP contribution in [0.2, 0.25) is 0 Å². The fraction of sp³-hybridized carbons (Fsp3) is 0.333. The molecule has 3 aromatic rings. The Morgan fingerprint density at radius 1 is 0.972 bits per heavy atom. The molecule has 9 heteroatoms. The zero-order valence-electron chi connectivity index (χ0n) is 20.5. The number of aliphatic carboxylic acids is 1. The molecule has 3 rings (SSSR count). The predicted molar refractivity (Wildman–Crippen MR) is 133 cm³/mol. The molecule has 36 heavy (non-hydrogen) atoms. The zero-order chi connectivity index (χ0) is 26.4. The number of rotatable bonds is 11. The molecule has 1 aromatic heterocycles. The van der Waals surface area contributed by atoms with Crippen molar-refractivity contribution in [2.45, 2.75) is 38.8 Å². The second-order valence-corrected chi connectivity index (χ2v) is 9.10. The van der Waals surface area contributed by atoms with Gasteiger partial charge in [0.05, 0.1) is 6.42 Å². The van der Waals surface area contributed by atoms with Crippen LogP contribution < -0.4 is 10.6 Å². The number of carboxylic acid groups (broad SMARTS) is 1. The molecule has 0 radical (unpaired) electrons. The molecule has 2 aromatic carbocycles. The van der Waals surface area contributed by atoms with Crippen molar-refractivity contribution >= 4 is 34.5 Å². The van der Waals surface area contributed by atoms with E-state index in [0.717, 1.165) is 22.9 Å². The Morgan fingerprint density at radius 3 is 2.28 bits per heavy atom. The van der Waals surface area contributed by atoms with E-state index in [9.17, 15) is 23.6 Å². The molecule has 190 valence electrons. The maximum absolute atomic E-state index is 13.2. The van der Waals surface area contributed by atoms with Gasteiger partial charge < -0.3 is 20.3 Å². The highest BCUT2D eigenvalue weighted by molar-refractivity contribution is 6.01. The van der Waals surface area contributed by atoms with Gasteiger partial charge in [0.2, 0.25) is 5.91 Å². The second kappa shape index (κ2) is 11.6. The van der Waals surface area contributed by atoms with Gasteiger partial charge in [-0.05, 0) is 41.7 Å². The number of fused-ring (bicyclic) bond motifs is 1.